The van der Waals surface area contributed by atoms with Gasteiger partial charge in [0.2, 0.25) is 5.82 Å². The third-order valence-corrected chi connectivity index (χ3v) is 1.80. The van der Waals surface area contributed by atoms with Gasteiger partial charge in [-0.2, -0.15) is 5.21 Å². The molecule has 2 rings (SSSR count). The van der Waals surface area contributed by atoms with Crippen LogP contribution in [0.4, 0.5) is 0 Å². The Morgan fingerprint density at radius 3 is 2.83 bits per heavy atom. The van der Waals surface area contributed by atoms with Crippen molar-refractivity contribution in [3.8, 4) is 11.4 Å². The third kappa shape index (κ3) is 1.33. The fourth-order valence-electron chi connectivity index (χ4n) is 0.792. The van der Waals surface area contributed by atoms with Crippen LogP contribution in [0.25, 0.3) is 11.4 Å². The molecule has 0 fully saturated rings. The quantitative estimate of drug-likeness (QED) is 0.737. The van der Waals surface area contributed by atoms with Gasteiger partial charge < -0.3 is 0 Å². The van der Waals surface area contributed by atoms with Crippen LogP contribution in [0.2, 0.25) is 0 Å². The second kappa shape index (κ2) is 2.98. The molecule has 2 aromatic heterocycles. The van der Waals surface area contributed by atoms with Crippen molar-refractivity contribution in [2.24, 2.45) is 0 Å². The first-order chi connectivity index (χ1) is 5.86. The highest BCUT2D eigenvalue weighted by atomic mass is 79.9. The zero-order valence-corrected chi connectivity index (χ0v) is 7.48. The van der Waals surface area contributed by atoms with Crippen molar-refractivity contribution in [2.75, 3.05) is 0 Å². The molecule has 0 spiro atoms. The number of aromatic amines is 1. The summed E-state index contributed by atoms with van der Waals surface area (Å²) in [6.45, 7) is 0. The molecule has 6 heteroatoms. The molecule has 1 N–H and O–H groups in total. The van der Waals surface area contributed by atoms with Crippen molar-refractivity contribution in [2.45, 2.75) is 0 Å². The molecular weight excluding hydrogens is 222 g/mol. The molecule has 0 saturated heterocycles. The Kier molecular flexibility index (Phi) is 1.83. The first kappa shape index (κ1) is 7.35. The van der Waals surface area contributed by atoms with Crippen LogP contribution in [0, 0.1) is 0 Å². The van der Waals surface area contributed by atoms with E-state index < -0.39 is 0 Å². The van der Waals surface area contributed by atoms with E-state index in [0.29, 0.717) is 5.82 Å². The van der Waals surface area contributed by atoms with E-state index >= 15 is 0 Å². The number of nitrogens with one attached hydrogen (secondary N) is 1. The van der Waals surface area contributed by atoms with Crippen LogP contribution in [0.15, 0.2) is 22.9 Å². The summed E-state index contributed by atoms with van der Waals surface area (Å²) >= 11 is 3.23. The van der Waals surface area contributed by atoms with E-state index in [-0.39, 0.29) is 0 Å². The average molecular weight is 226 g/mol. The number of pyridine rings is 1. The summed E-state index contributed by atoms with van der Waals surface area (Å²) in [5.74, 6) is 0.551. The number of hydrogen-bond acceptors (Lipinski definition) is 4. The predicted molar refractivity (Wildman–Crippen MR) is 45.1 cm³/mol. The number of aromatic nitrogens is 5. The Labute approximate surface area is 76.3 Å². The number of rotatable bonds is 1. The molecule has 12 heavy (non-hydrogen) atoms. The van der Waals surface area contributed by atoms with Crippen molar-refractivity contribution in [1.82, 2.24) is 25.6 Å². The monoisotopic (exact) mass is 225 g/mol. The van der Waals surface area contributed by atoms with Crippen LogP contribution in [0.1, 0.15) is 0 Å². The normalized spacial score (nSPS) is 10.1. The molecule has 60 valence electrons. The molecule has 0 atom stereocenters. The summed E-state index contributed by atoms with van der Waals surface area (Å²) in [4.78, 5) is 4.03. The maximum atomic E-state index is 4.03. The standard InChI is InChI=1S/C6H4BrN5/c7-5-2-1-4(3-8-5)6-9-11-12-10-6/h1-3H,(H,9,10,11,12). The smallest absolute Gasteiger partial charge is 0.206 e. The fraction of sp³-hybridized carbons (Fsp3) is 0. The Bertz CT molecular complexity index is 354. The van der Waals surface area contributed by atoms with Gasteiger partial charge in [-0.25, -0.2) is 4.98 Å². The Balaban J connectivity index is 2.43. The van der Waals surface area contributed by atoms with Gasteiger partial charge in [0.25, 0.3) is 0 Å². The van der Waals surface area contributed by atoms with Gasteiger partial charge in [0.1, 0.15) is 4.60 Å². The highest BCUT2D eigenvalue weighted by Gasteiger charge is 2.01. The van der Waals surface area contributed by atoms with E-state index in [1.807, 2.05) is 12.1 Å². The molecule has 0 radical (unpaired) electrons. The van der Waals surface area contributed by atoms with E-state index in [1.165, 1.54) is 0 Å². The Morgan fingerprint density at radius 2 is 2.25 bits per heavy atom. The van der Waals surface area contributed by atoms with E-state index in [4.69, 9.17) is 0 Å². The molecule has 0 aliphatic rings. The highest BCUT2D eigenvalue weighted by molar-refractivity contribution is 9.10. The van der Waals surface area contributed by atoms with E-state index in [2.05, 4.69) is 41.5 Å². The lowest BCUT2D eigenvalue weighted by atomic mass is 10.3. The molecule has 0 aliphatic heterocycles. The van der Waals surface area contributed by atoms with Crippen LogP contribution in [0.5, 0.6) is 0 Å². The topological polar surface area (TPSA) is 67.3 Å². The maximum absolute atomic E-state index is 4.03. The summed E-state index contributed by atoms with van der Waals surface area (Å²) in [6.07, 6.45) is 1.68. The van der Waals surface area contributed by atoms with E-state index in [1.54, 1.807) is 6.20 Å². The fourth-order valence-corrected chi connectivity index (χ4v) is 1.03. The predicted octanol–water partition coefficient (Wildman–Crippen LogP) is 1.02. The summed E-state index contributed by atoms with van der Waals surface area (Å²) in [7, 11) is 0. The number of nitrogens with zero attached hydrogens (tertiary/aromatic N) is 4. The molecule has 0 amide bonds. The SMILES string of the molecule is Brc1ccc(-c2nn[nH]n2)cn1. The van der Waals surface area contributed by atoms with Gasteiger partial charge in [-0.05, 0) is 33.3 Å². The van der Waals surface area contributed by atoms with Crippen LogP contribution < -0.4 is 0 Å². The van der Waals surface area contributed by atoms with Crippen LogP contribution >= 0.6 is 15.9 Å². The average Bonchev–Trinajstić information content (AvgIpc) is 2.58. The number of halogens is 1. The molecule has 0 unspecified atom stereocenters. The Morgan fingerprint density at radius 1 is 1.33 bits per heavy atom. The second-order valence-corrected chi connectivity index (χ2v) is 2.92. The van der Waals surface area contributed by atoms with E-state index in [0.717, 1.165) is 10.2 Å². The number of H-pyrrole nitrogens is 1. The van der Waals surface area contributed by atoms with Gasteiger partial charge >= 0.3 is 0 Å². The molecule has 2 heterocycles. The minimum atomic E-state index is 0.551. The minimum Gasteiger partial charge on any atom is -0.249 e. The molecule has 0 bridgehead atoms. The molecule has 0 aliphatic carbocycles. The van der Waals surface area contributed by atoms with Gasteiger partial charge in [0.05, 0.1) is 0 Å². The number of hydrogen-bond donors (Lipinski definition) is 1. The Hall–Kier alpha value is -1.30. The summed E-state index contributed by atoms with van der Waals surface area (Å²) < 4.78 is 0.787. The molecule has 2 aromatic rings. The van der Waals surface area contributed by atoms with Crippen molar-refractivity contribution >= 4 is 15.9 Å². The van der Waals surface area contributed by atoms with Crippen LogP contribution in [-0.4, -0.2) is 25.6 Å². The first-order valence-electron chi connectivity index (χ1n) is 3.21. The van der Waals surface area contributed by atoms with Crippen molar-refractivity contribution < 1.29 is 0 Å². The number of tetrazole rings is 1. The maximum Gasteiger partial charge on any atom is 0.206 e. The van der Waals surface area contributed by atoms with Crippen LogP contribution in [0.3, 0.4) is 0 Å². The van der Waals surface area contributed by atoms with Crippen molar-refractivity contribution in [3.63, 3.8) is 0 Å². The second-order valence-electron chi connectivity index (χ2n) is 2.11. The summed E-state index contributed by atoms with van der Waals surface area (Å²) in [6, 6.07) is 3.69. The summed E-state index contributed by atoms with van der Waals surface area (Å²) in [5.41, 5.74) is 0.840. The van der Waals surface area contributed by atoms with Gasteiger partial charge in [-0.1, -0.05) is 0 Å². The van der Waals surface area contributed by atoms with E-state index in [9.17, 15) is 0 Å². The van der Waals surface area contributed by atoms with Gasteiger partial charge in [0, 0.05) is 11.8 Å². The third-order valence-electron chi connectivity index (χ3n) is 1.33. The molecule has 0 saturated carbocycles. The first-order valence-corrected chi connectivity index (χ1v) is 4.01. The molecular formula is C6H4BrN5. The van der Waals surface area contributed by atoms with Crippen LogP contribution in [-0.2, 0) is 0 Å². The van der Waals surface area contributed by atoms with Crippen molar-refractivity contribution in [1.29, 1.82) is 0 Å². The molecule has 5 nitrogen and oxygen atoms in total. The molecule has 0 aromatic carbocycles. The van der Waals surface area contributed by atoms with Gasteiger partial charge in [-0.3, -0.25) is 0 Å². The summed E-state index contributed by atoms with van der Waals surface area (Å²) in [5, 5.41) is 13.4. The lowest BCUT2D eigenvalue weighted by Gasteiger charge is -1.91. The minimum absolute atomic E-state index is 0.551. The largest absolute Gasteiger partial charge is 0.249 e. The zero-order chi connectivity index (χ0) is 8.39. The van der Waals surface area contributed by atoms with Gasteiger partial charge in [-0.15, -0.1) is 10.2 Å². The lowest BCUT2D eigenvalue weighted by Crippen LogP contribution is -1.82. The zero-order valence-electron chi connectivity index (χ0n) is 5.90. The highest BCUT2D eigenvalue weighted by Crippen LogP contribution is 2.13. The van der Waals surface area contributed by atoms with Crippen molar-refractivity contribution in [3.05, 3.63) is 22.9 Å². The lowest BCUT2D eigenvalue weighted by molar-refractivity contribution is 0.881. The van der Waals surface area contributed by atoms with Gasteiger partial charge in [0.15, 0.2) is 0 Å².